The second-order valence-corrected chi connectivity index (χ2v) is 3.90. The Morgan fingerprint density at radius 2 is 2.43 bits per heavy atom. The topological polar surface area (TPSA) is 59.1 Å². The number of amides is 2. The SMILES string of the molecule is O=C1CSC(c2[c]nccc2)C(=O)N1. The molecule has 1 atom stereocenters. The summed E-state index contributed by atoms with van der Waals surface area (Å²) in [7, 11) is 0. The van der Waals surface area contributed by atoms with Crippen LogP contribution in [0.25, 0.3) is 0 Å². The van der Waals surface area contributed by atoms with Crippen molar-refractivity contribution in [3.05, 3.63) is 30.1 Å². The van der Waals surface area contributed by atoms with Crippen molar-refractivity contribution in [1.82, 2.24) is 10.3 Å². The maximum absolute atomic E-state index is 11.4. The van der Waals surface area contributed by atoms with Gasteiger partial charge >= 0.3 is 0 Å². The largest absolute Gasteiger partial charge is 0.294 e. The fourth-order valence-corrected chi connectivity index (χ4v) is 2.10. The molecule has 1 fully saturated rings. The first kappa shape index (κ1) is 9.21. The van der Waals surface area contributed by atoms with Gasteiger partial charge in [-0.15, -0.1) is 11.8 Å². The molecule has 0 bridgehead atoms. The standard InChI is InChI=1S/C9H7N2O2S/c12-7-5-14-8(9(13)11-7)6-2-1-3-10-4-6/h1-3,8H,5H2,(H,11,12,13). The summed E-state index contributed by atoms with van der Waals surface area (Å²) >= 11 is 1.30. The number of rotatable bonds is 1. The molecule has 4 nitrogen and oxygen atoms in total. The van der Waals surface area contributed by atoms with Crippen LogP contribution in [0.2, 0.25) is 0 Å². The third kappa shape index (κ3) is 1.77. The second-order valence-electron chi connectivity index (χ2n) is 2.81. The maximum Gasteiger partial charge on any atom is 0.244 e. The van der Waals surface area contributed by atoms with Crippen LogP contribution in [0.15, 0.2) is 18.3 Å². The van der Waals surface area contributed by atoms with Crippen LogP contribution < -0.4 is 5.32 Å². The van der Waals surface area contributed by atoms with E-state index in [1.807, 2.05) is 0 Å². The van der Waals surface area contributed by atoms with Crippen LogP contribution in [0.4, 0.5) is 0 Å². The molecule has 1 saturated heterocycles. The Balaban J connectivity index is 2.20. The molecule has 1 aliphatic rings. The van der Waals surface area contributed by atoms with Crippen LogP contribution in [0.5, 0.6) is 0 Å². The number of aromatic nitrogens is 1. The molecule has 0 saturated carbocycles. The number of carbonyl (C=O) groups is 2. The van der Waals surface area contributed by atoms with Gasteiger partial charge in [0.2, 0.25) is 11.8 Å². The highest BCUT2D eigenvalue weighted by molar-refractivity contribution is 8.01. The van der Waals surface area contributed by atoms with Crippen LogP contribution in [0.3, 0.4) is 0 Å². The molecule has 1 radical (unpaired) electrons. The third-order valence-electron chi connectivity index (χ3n) is 1.79. The van der Waals surface area contributed by atoms with Crippen molar-refractivity contribution in [3.63, 3.8) is 0 Å². The van der Waals surface area contributed by atoms with Crippen molar-refractivity contribution >= 4 is 23.6 Å². The summed E-state index contributed by atoms with van der Waals surface area (Å²) < 4.78 is 0. The van der Waals surface area contributed by atoms with Gasteiger partial charge in [-0.3, -0.25) is 19.9 Å². The molecule has 5 heteroatoms. The second kappa shape index (κ2) is 3.79. The molecule has 71 valence electrons. The average molecular weight is 207 g/mol. The molecule has 1 N–H and O–H groups in total. The van der Waals surface area contributed by atoms with E-state index in [0.29, 0.717) is 11.3 Å². The Morgan fingerprint density at radius 3 is 3.07 bits per heavy atom. The molecule has 1 aromatic rings. The summed E-state index contributed by atoms with van der Waals surface area (Å²) in [5.74, 6) is -0.213. The lowest BCUT2D eigenvalue weighted by molar-refractivity contribution is -0.129. The minimum absolute atomic E-state index is 0.236. The number of hydrogen-bond donors (Lipinski definition) is 1. The normalized spacial score (nSPS) is 21.9. The molecule has 1 unspecified atom stereocenters. The summed E-state index contributed by atoms with van der Waals surface area (Å²) in [6, 6.07) is 3.52. The van der Waals surface area contributed by atoms with E-state index >= 15 is 0 Å². The minimum atomic E-state index is -0.360. The van der Waals surface area contributed by atoms with Gasteiger partial charge in [0.1, 0.15) is 5.25 Å². The molecule has 1 aromatic heterocycles. The van der Waals surface area contributed by atoms with Crippen molar-refractivity contribution in [2.75, 3.05) is 5.75 Å². The fourth-order valence-electron chi connectivity index (χ4n) is 1.19. The van der Waals surface area contributed by atoms with Crippen molar-refractivity contribution < 1.29 is 9.59 Å². The molecule has 2 heterocycles. The van der Waals surface area contributed by atoms with Gasteiger partial charge in [-0.2, -0.15) is 0 Å². The lowest BCUT2D eigenvalue weighted by Gasteiger charge is -2.19. The molecular formula is C9H7N2O2S. The number of pyridine rings is 1. The highest BCUT2D eigenvalue weighted by Gasteiger charge is 2.28. The Kier molecular flexibility index (Phi) is 2.49. The number of imide groups is 1. The zero-order valence-corrected chi connectivity index (χ0v) is 8.00. The Morgan fingerprint density at radius 1 is 1.57 bits per heavy atom. The first-order chi connectivity index (χ1) is 6.77. The number of nitrogens with zero attached hydrogens (tertiary/aromatic N) is 1. The van der Waals surface area contributed by atoms with Gasteiger partial charge in [0.15, 0.2) is 0 Å². The summed E-state index contributed by atoms with van der Waals surface area (Å²) in [4.78, 5) is 26.1. The lowest BCUT2D eigenvalue weighted by atomic mass is 10.2. The van der Waals surface area contributed by atoms with Crippen LogP contribution >= 0.6 is 11.8 Å². The van der Waals surface area contributed by atoms with E-state index < -0.39 is 0 Å². The monoisotopic (exact) mass is 207 g/mol. The fraction of sp³-hybridized carbons (Fsp3) is 0.222. The smallest absolute Gasteiger partial charge is 0.244 e. The first-order valence-electron chi connectivity index (χ1n) is 4.05. The molecule has 0 aliphatic carbocycles. The molecule has 0 spiro atoms. The first-order valence-corrected chi connectivity index (χ1v) is 5.10. The summed E-state index contributed by atoms with van der Waals surface area (Å²) in [5.41, 5.74) is 0.711. The molecular weight excluding hydrogens is 200 g/mol. The van der Waals surface area contributed by atoms with Crippen molar-refractivity contribution in [2.24, 2.45) is 0 Å². The van der Waals surface area contributed by atoms with E-state index in [-0.39, 0.29) is 17.1 Å². The average Bonchev–Trinajstić information content (AvgIpc) is 2.19. The summed E-state index contributed by atoms with van der Waals surface area (Å²) in [5, 5.41) is 1.92. The van der Waals surface area contributed by atoms with Gasteiger partial charge in [-0.1, -0.05) is 6.07 Å². The highest BCUT2D eigenvalue weighted by atomic mass is 32.2. The van der Waals surface area contributed by atoms with E-state index in [1.165, 1.54) is 11.8 Å². The Bertz CT molecular complexity index is 366. The zero-order valence-electron chi connectivity index (χ0n) is 7.19. The third-order valence-corrected chi connectivity index (χ3v) is 3.02. The zero-order chi connectivity index (χ0) is 9.97. The van der Waals surface area contributed by atoms with Gasteiger partial charge in [0.25, 0.3) is 0 Å². The van der Waals surface area contributed by atoms with E-state index in [0.717, 1.165) is 0 Å². The quantitative estimate of drug-likeness (QED) is 0.673. The van der Waals surface area contributed by atoms with E-state index in [1.54, 1.807) is 18.3 Å². The summed E-state index contributed by atoms with van der Waals surface area (Å²) in [6.07, 6.45) is 4.34. The molecule has 14 heavy (non-hydrogen) atoms. The van der Waals surface area contributed by atoms with Crippen LogP contribution in [-0.4, -0.2) is 22.6 Å². The molecule has 1 aliphatic heterocycles. The molecule has 0 aromatic carbocycles. The predicted molar refractivity (Wildman–Crippen MR) is 51.4 cm³/mol. The number of hydrogen-bond acceptors (Lipinski definition) is 4. The van der Waals surface area contributed by atoms with E-state index in [4.69, 9.17) is 0 Å². The lowest BCUT2D eigenvalue weighted by Crippen LogP contribution is -2.39. The van der Waals surface area contributed by atoms with Crippen molar-refractivity contribution in [2.45, 2.75) is 5.25 Å². The van der Waals surface area contributed by atoms with Gasteiger partial charge in [0, 0.05) is 11.8 Å². The maximum atomic E-state index is 11.4. The van der Waals surface area contributed by atoms with E-state index in [9.17, 15) is 9.59 Å². The summed E-state index contributed by atoms with van der Waals surface area (Å²) in [6.45, 7) is 0. The predicted octanol–water partition coefficient (Wildman–Crippen LogP) is 0.312. The van der Waals surface area contributed by atoms with Gasteiger partial charge < -0.3 is 0 Å². The molecule has 2 amide bonds. The number of nitrogens with one attached hydrogen (secondary N) is 1. The number of thioether (sulfide) groups is 1. The molecule has 2 rings (SSSR count). The van der Waals surface area contributed by atoms with Crippen LogP contribution in [0.1, 0.15) is 10.8 Å². The highest BCUT2D eigenvalue weighted by Crippen LogP contribution is 2.30. The van der Waals surface area contributed by atoms with Gasteiger partial charge in [-0.05, 0) is 6.07 Å². The van der Waals surface area contributed by atoms with Gasteiger partial charge in [-0.25, -0.2) is 0 Å². The van der Waals surface area contributed by atoms with Crippen molar-refractivity contribution in [3.8, 4) is 0 Å². The van der Waals surface area contributed by atoms with Crippen LogP contribution in [-0.2, 0) is 9.59 Å². The van der Waals surface area contributed by atoms with Crippen LogP contribution in [0, 0.1) is 6.20 Å². The number of carbonyl (C=O) groups excluding carboxylic acids is 2. The minimum Gasteiger partial charge on any atom is -0.294 e. The Labute approximate surface area is 85.1 Å². The van der Waals surface area contributed by atoms with Gasteiger partial charge in [0.05, 0.1) is 11.9 Å². The van der Waals surface area contributed by atoms with E-state index in [2.05, 4.69) is 16.5 Å². The Hall–Kier alpha value is -1.36. The van der Waals surface area contributed by atoms with Crippen molar-refractivity contribution in [1.29, 1.82) is 0 Å².